The molecule has 2 bridgehead atoms. The molecule has 5 aromatic carbocycles. The number of methoxy groups -OCH3 is 2. The van der Waals surface area contributed by atoms with Crippen LogP contribution in [0.4, 0.5) is 18.9 Å². The first-order valence-electron chi connectivity index (χ1n) is 17.3. The number of hydrogen-bond acceptors (Lipinski definition) is 4. The van der Waals surface area contributed by atoms with Gasteiger partial charge in [-0.15, -0.1) is 0 Å². The van der Waals surface area contributed by atoms with Gasteiger partial charge < -0.3 is 19.1 Å². The van der Waals surface area contributed by atoms with E-state index in [0.717, 1.165) is 81.1 Å². The van der Waals surface area contributed by atoms with E-state index < -0.39 is 22.8 Å². The average Bonchev–Trinajstić information content (AvgIpc) is 3.83. The van der Waals surface area contributed by atoms with Gasteiger partial charge in [0, 0.05) is 47.3 Å². The van der Waals surface area contributed by atoms with Gasteiger partial charge in [-0.1, -0.05) is 61.0 Å². The summed E-state index contributed by atoms with van der Waals surface area (Å²) < 4.78 is 62.3. The molecule has 4 nitrogen and oxygen atoms in total. The molecule has 1 aliphatic heterocycles. The minimum Gasteiger partial charge on any atom is -0.493 e. The lowest BCUT2D eigenvalue weighted by molar-refractivity contribution is -0.137. The normalized spacial score (nSPS) is 24.2. The number of benzene rings is 5. The second-order valence-electron chi connectivity index (χ2n) is 14.5. The Balaban J connectivity index is 1.38. The number of fused-ring (bicyclic) bond motifs is 13. The summed E-state index contributed by atoms with van der Waals surface area (Å²) >= 11 is 0. The van der Waals surface area contributed by atoms with Crippen molar-refractivity contribution in [1.29, 1.82) is 0 Å². The Morgan fingerprint density at radius 2 is 1.52 bits per heavy atom. The maximum atomic E-state index is 14.4. The highest BCUT2D eigenvalue weighted by Crippen LogP contribution is 2.69. The molecule has 4 aliphatic rings. The third kappa shape index (κ3) is 4.18. The van der Waals surface area contributed by atoms with Gasteiger partial charge in [0.05, 0.1) is 19.8 Å². The lowest BCUT2D eigenvalue weighted by Crippen LogP contribution is -2.36. The number of rotatable bonds is 5. The van der Waals surface area contributed by atoms with E-state index in [-0.39, 0.29) is 5.92 Å². The maximum absolute atomic E-state index is 14.4. The van der Waals surface area contributed by atoms with Crippen LogP contribution < -0.4 is 19.1 Å². The standard InChI is InChI=1S/C43H38F3NO3/c1-47(2)30-15-12-27(13-16-30)42(26-8-6-5-7-9-26)19-18-32-39-38(33-22-36(48-3)37(49-4)23-34(33)40(32)50-42)31-17-14-29(43(44,45)46)21-35(31)41(39)24-25-10-11-28(41)20-25/h5-9,12-19,21-23,25,28H,10-11,20,24H2,1-4H3. The molecule has 4 atom stereocenters. The van der Waals surface area contributed by atoms with Crippen LogP contribution in [0.3, 0.4) is 0 Å². The quantitative estimate of drug-likeness (QED) is 0.186. The van der Waals surface area contributed by atoms with Crippen molar-refractivity contribution in [2.45, 2.75) is 42.9 Å². The lowest BCUT2D eigenvalue weighted by atomic mass is 9.65. The first-order chi connectivity index (χ1) is 24.1. The SMILES string of the molecule is COc1cc2c3c(c4c(c2cc1OC)-c1ccc(C(F)(F)F)cc1C41CC2CCC1C2)C=CC(c1ccccc1)(c1ccc(N(C)C)cc1)O3. The summed E-state index contributed by atoms with van der Waals surface area (Å²) in [5.41, 5.74) is 5.58. The maximum Gasteiger partial charge on any atom is 0.416 e. The van der Waals surface area contributed by atoms with Crippen LogP contribution in [0.25, 0.3) is 28.0 Å². The summed E-state index contributed by atoms with van der Waals surface area (Å²) in [5, 5.41) is 1.72. The highest BCUT2D eigenvalue weighted by molar-refractivity contribution is 6.10. The fourth-order valence-electron chi connectivity index (χ4n) is 9.79. The molecule has 7 heteroatoms. The van der Waals surface area contributed by atoms with Gasteiger partial charge in [-0.3, -0.25) is 0 Å². The average molecular weight is 674 g/mol. The fourth-order valence-corrected chi connectivity index (χ4v) is 9.79. The second kappa shape index (κ2) is 10.8. The smallest absolute Gasteiger partial charge is 0.416 e. The monoisotopic (exact) mass is 673 g/mol. The summed E-state index contributed by atoms with van der Waals surface area (Å²) in [4.78, 5) is 2.07. The minimum absolute atomic E-state index is 0.241. The molecular formula is C43H38F3NO3. The zero-order chi connectivity index (χ0) is 34.6. The van der Waals surface area contributed by atoms with Crippen molar-refractivity contribution in [3.8, 4) is 28.4 Å². The second-order valence-corrected chi connectivity index (χ2v) is 14.5. The summed E-state index contributed by atoms with van der Waals surface area (Å²) in [7, 11) is 7.26. The van der Waals surface area contributed by atoms with E-state index in [1.807, 2.05) is 44.4 Å². The molecule has 5 aromatic rings. The van der Waals surface area contributed by atoms with Crippen molar-refractivity contribution in [3.63, 3.8) is 0 Å². The van der Waals surface area contributed by atoms with Gasteiger partial charge in [0.1, 0.15) is 5.75 Å². The van der Waals surface area contributed by atoms with Crippen molar-refractivity contribution in [1.82, 2.24) is 0 Å². The van der Waals surface area contributed by atoms with Crippen molar-refractivity contribution >= 4 is 22.5 Å². The Hall–Kier alpha value is -4.91. The number of hydrogen-bond donors (Lipinski definition) is 0. The zero-order valence-corrected chi connectivity index (χ0v) is 28.5. The first kappa shape index (κ1) is 31.1. The van der Waals surface area contributed by atoms with E-state index in [2.05, 4.69) is 53.5 Å². The molecule has 0 aromatic heterocycles. The van der Waals surface area contributed by atoms with Crippen LogP contribution in [0.5, 0.6) is 17.2 Å². The number of halogens is 3. The Morgan fingerprint density at radius 1 is 0.820 bits per heavy atom. The summed E-state index contributed by atoms with van der Waals surface area (Å²) in [6.07, 6.45) is 3.84. The molecule has 4 unspecified atom stereocenters. The fraction of sp³-hybridized carbons (Fsp3) is 0.302. The van der Waals surface area contributed by atoms with E-state index in [9.17, 15) is 13.2 Å². The van der Waals surface area contributed by atoms with Crippen LogP contribution in [0.15, 0.2) is 91.0 Å². The largest absolute Gasteiger partial charge is 0.493 e. The Morgan fingerprint density at radius 3 is 2.14 bits per heavy atom. The van der Waals surface area contributed by atoms with Gasteiger partial charge >= 0.3 is 6.18 Å². The van der Waals surface area contributed by atoms with Gasteiger partial charge in [0.15, 0.2) is 17.1 Å². The van der Waals surface area contributed by atoms with Crippen molar-refractivity contribution in [2.75, 3.05) is 33.2 Å². The molecule has 2 fully saturated rings. The van der Waals surface area contributed by atoms with Crippen LogP contribution >= 0.6 is 0 Å². The molecule has 50 heavy (non-hydrogen) atoms. The van der Waals surface area contributed by atoms with Crippen LogP contribution in [-0.2, 0) is 17.2 Å². The molecule has 0 saturated heterocycles. The highest BCUT2D eigenvalue weighted by Gasteiger charge is 2.59. The molecule has 254 valence electrons. The molecule has 0 N–H and O–H groups in total. The topological polar surface area (TPSA) is 30.9 Å². The zero-order valence-electron chi connectivity index (χ0n) is 28.5. The lowest BCUT2D eigenvalue weighted by Gasteiger charge is -2.41. The predicted octanol–water partition coefficient (Wildman–Crippen LogP) is 10.4. The Labute approximate surface area is 290 Å². The van der Waals surface area contributed by atoms with Crippen LogP contribution in [0.2, 0.25) is 0 Å². The number of ether oxygens (including phenoxy) is 3. The molecule has 0 radical (unpaired) electrons. The molecule has 2 saturated carbocycles. The van der Waals surface area contributed by atoms with Gasteiger partial charge in [-0.05, 0) is 101 Å². The molecule has 1 spiro atoms. The Bertz CT molecular complexity index is 2210. The highest BCUT2D eigenvalue weighted by atomic mass is 19.4. The van der Waals surface area contributed by atoms with E-state index in [4.69, 9.17) is 14.2 Å². The van der Waals surface area contributed by atoms with Crippen LogP contribution in [0, 0.1) is 11.8 Å². The van der Waals surface area contributed by atoms with Crippen LogP contribution in [-0.4, -0.2) is 28.3 Å². The molecular weight excluding hydrogens is 635 g/mol. The number of alkyl halides is 3. The van der Waals surface area contributed by atoms with Gasteiger partial charge in [0.25, 0.3) is 0 Å². The molecule has 9 rings (SSSR count). The van der Waals surface area contributed by atoms with Gasteiger partial charge in [-0.25, -0.2) is 0 Å². The summed E-state index contributed by atoms with van der Waals surface area (Å²) in [5.74, 6) is 2.53. The van der Waals surface area contributed by atoms with E-state index in [1.54, 1.807) is 20.3 Å². The van der Waals surface area contributed by atoms with E-state index in [0.29, 0.717) is 23.2 Å². The predicted molar refractivity (Wildman–Crippen MR) is 191 cm³/mol. The van der Waals surface area contributed by atoms with Gasteiger partial charge in [-0.2, -0.15) is 13.2 Å². The third-order valence-corrected chi connectivity index (χ3v) is 12.0. The molecule has 3 aliphatic carbocycles. The van der Waals surface area contributed by atoms with Crippen LogP contribution in [0.1, 0.15) is 59.1 Å². The molecule has 0 amide bonds. The molecule has 1 heterocycles. The summed E-state index contributed by atoms with van der Waals surface area (Å²) in [6, 6.07) is 27.0. The third-order valence-electron chi connectivity index (χ3n) is 12.0. The minimum atomic E-state index is -4.44. The first-order valence-corrected chi connectivity index (χ1v) is 17.3. The van der Waals surface area contributed by atoms with E-state index >= 15 is 0 Å². The van der Waals surface area contributed by atoms with Crippen molar-refractivity contribution in [2.24, 2.45) is 11.8 Å². The summed E-state index contributed by atoms with van der Waals surface area (Å²) in [6.45, 7) is 0. The Kier molecular flexibility index (Phi) is 6.71. The number of anilines is 1. The van der Waals surface area contributed by atoms with E-state index in [1.165, 1.54) is 12.1 Å². The number of nitrogens with zero attached hydrogens (tertiary/aromatic N) is 1. The van der Waals surface area contributed by atoms with Gasteiger partial charge in [0.2, 0.25) is 0 Å². The van der Waals surface area contributed by atoms with Crippen molar-refractivity contribution < 1.29 is 27.4 Å². The van der Waals surface area contributed by atoms with Crippen molar-refractivity contribution in [3.05, 3.63) is 124 Å².